The fraction of sp³-hybridized carbons (Fsp3) is 0.333. The molecule has 1 saturated carbocycles. The number of nitrogens with one attached hydrogen (secondary N) is 1. The predicted octanol–water partition coefficient (Wildman–Crippen LogP) is 4.01. The lowest BCUT2D eigenvalue weighted by Crippen LogP contribution is -2.21. The molecule has 132 valence electrons. The van der Waals surface area contributed by atoms with Gasteiger partial charge in [0.15, 0.2) is 0 Å². The number of nitro benzene ring substituents is 1. The van der Waals surface area contributed by atoms with Gasteiger partial charge in [-0.2, -0.15) is 5.10 Å². The molecule has 1 amide bonds. The molecule has 1 aliphatic carbocycles. The molecule has 1 heterocycles. The third-order valence-electron chi connectivity index (χ3n) is 3.80. The van der Waals surface area contributed by atoms with Crippen LogP contribution in [0.4, 0.5) is 20.2 Å². The van der Waals surface area contributed by atoms with Crippen molar-refractivity contribution in [2.45, 2.75) is 31.7 Å². The molecule has 1 fully saturated rings. The third-order valence-corrected chi connectivity index (χ3v) is 4.61. The van der Waals surface area contributed by atoms with E-state index in [1.807, 2.05) is 0 Å². The Morgan fingerprint density at radius 3 is 2.72 bits per heavy atom. The number of benzene rings is 1. The van der Waals surface area contributed by atoms with E-state index in [2.05, 4.69) is 26.3 Å². The fourth-order valence-corrected chi connectivity index (χ4v) is 3.32. The third kappa shape index (κ3) is 3.68. The molecule has 0 saturated heterocycles. The molecule has 7 nitrogen and oxygen atoms in total. The number of hydrogen-bond acceptors (Lipinski definition) is 4. The molecular formula is C15H13BrF2N4O3. The number of alkyl halides is 2. The van der Waals surface area contributed by atoms with Gasteiger partial charge in [-0.25, -0.2) is 8.78 Å². The molecule has 0 atom stereocenters. The van der Waals surface area contributed by atoms with Crippen LogP contribution in [-0.2, 0) is 11.3 Å². The number of hydrogen-bond donors (Lipinski definition) is 1. The van der Waals surface area contributed by atoms with E-state index in [0.717, 1.165) is 12.8 Å². The van der Waals surface area contributed by atoms with Crippen molar-refractivity contribution in [1.82, 2.24) is 9.78 Å². The smallest absolute Gasteiger partial charge is 0.292 e. The van der Waals surface area contributed by atoms with Crippen molar-refractivity contribution in [2.24, 2.45) is 0 Å². The zero-order chi connectivity index (χ0) is 18.1. The molecule has 1 aromatic carbocycles. The second kappa shape index (κ2) is 6.87. The van der Waals surface area contributed by atoms with Gasteiger partial charge in [-0.3, -0.25) is 19.6 Å². The van der Waals surface area contributed by atoms with E-state index < -0.39 is 22.9 Å². The van der Waals surface area contributed by atoms with Crippen LogP contribution in [0.2, 0.25) is 0 Å². The molecule has 2 aromatic rings. The summed E-state index contributed by atoms with van der Waals surface area (Å²) in [5, 5.41) is 17.3. The summed E-state index contributed by atoms with van der Waals surface area (Å²) in [7, 11) is 0. The van der Waals surface area contributed by atoms with Gasteiger partial charge in [-0.1, -0.05) is 12.1 Å². The van der Waals surface area contributed by atoms with Crippen molar-refractivity contribution in [3.63, 3.8) is 0 Å². The van der Waals surface area contributed by atoms with Crippen LogP contribution in [0.1, 0.15) is 36.6 Å². The first-order valence-electron chi connectivity index (χ1n) is 7.46. The Kier molecular flexibility index (Phi) is 4.80. The number of anilines is 1. The summed E-state index contributed by atoms with van der Waals surface area (Å²) in [6, 6.07) is 5.71. The molecule has 0 radical (unpaired) electrons. The van der Waals surface area contributed by atoms with Gasteiger partial charge >= 0.3 is 0 Å². The number of amides is 1. The molecule has 0 bridgehead atoms. The lowest BCUT2D eigenvalue weighted by Gasteiger charge is -2.08. The summed E-state index contributed by atoms with van der Waals surface area (Å²) in [4.78, 5) is 22.6. The normalized spacial score (nSPS) is 13.9. The van der Waals surface area contributed by atoms with Gasteiger partial charge in [-0.15, -0.1) is 0 Å². The fourth-order valence-electron chi connectivity index (χ4n) is 2.54. The number of halogens is 3. The zero-order valence-electron chi connectivity index (χ0n) is 12.8. The van der Waals surface area contributed by atoms with Crippen molar-refractivity contribution in [3.05, 3.63) is 50.2 Å². The molecule has 3 rings (SSSR count). The summed E-state index contributed by atoms with van der Waals surface area (Å²) in [6.45, 7) is -0.302. The molecule has 1 aliphatic rings. The van der Waals surface area contributed by atoms with Gasteiger partial charge < -0.3 is 5.32 Å². The number of nitrogens with zero attached hydrogens (tertiary/aromatic N) is 3. The highest BCUT2D eigenvalue weighted by molar-refractivity contribution is 9.10. The van der Waals surface area contributed by atoms with Crippen LogP contribution in [0.5, 0.6) is 0 Å². The highest BCUT2D eigenvalue weighted by atomic mass is 79.9. The van der Waals surface area contributed by atoms with Crippen molar-refractivity contribution in [1.29, 1.82) is 0 Å². The highest BCUT2D eigenvalue weighted by Gasteiger charge is 2.34. The van der Waals surface area contributed by atoms with Crippen molar-refractivity contribution in [3.8, 4) is 0 Å². The Morgan fingerprint density at radius 1 is 1.44 bits per heavy atom. The van der Waals surface area contributed by atoms with E-state index in [4.69, 9.17) is 0 Å². The molecule has 0 spiro atoms. The highest BCUT2D eigenvalue weighted by Crippen LogP contribution is 2.45. The first-order valence-corrected chi connectivity index (χ1v) is 8.25. The van der Waals surface area contributed by atoms with Crippen LogP contribution >= 0.6 is 15.9 Å². The Balaban J connectivity index is 1.82. The maximum absolute atomic E-state index is 13.0. The van der Waals surface area contributed by atoms with Crippen LogP contribution in [-0.4, -0.2) is 20.6 Å². The molecule has 1 aromatic heterocycles. The number of rotatable bonds is 6. The molecule has 25 heavy (non-hydrogen) atoms. The van der Waals surface area contributed by atoms with E-state index in [1.165, 1.54) is 22.9 Å². The van der Waals surface area contributed by atoms with E-state index in [9.17, 15) is 23.7 Å². The summed E-state index contributed by atoms with van der Waals surface area (Å²) >= 11 is 3.15. The maximum Gasteiger partial charge on any atom is 0.292 e. The van der Waals surface area contributed by atoms with Crippen LogP contribution in [0.15, 0.2) is 28.7 Å². The second-order valence-corrected chi connectivity index (χ2v) is 6.43. The minimum atomic E-state index is -2.76. The largest absolute Gasteiger partial charge is 0.319 e. The van der Waals surface area contributed by atoms with E-state index in [-0.39, 0.29) is 28.3 Å². The van der Waals surface area contributed by atoms with Gasteiger partial charge in [-0.05, 0) is 34.8 Å². The topological polar surface area (TPSA) is 90.1 Å². The SMILES string of the molecule is O=C(Cn1nc(C(F)F)c(Br)c1C1CC1)Nc1ccccc1[N+](=O)[O-]. The lowest BCUT2D eigenvalue weighted by atomic mass is 10.2. The average molecular weight is 415 g/mol. The van der Waals surface area contributed by atoms with Crippen molar-refractivity contribution >= 4 is 33.2 Å². The van der Waals surface area contributed by atoms with Crippen molar-refractivity contribution < 1.29 is 18.5 Å². The molecular weight excluding hydrogens is 402 g/mol. The summed E-state index contributed by atoms with van der Waals surface area (Å²) in [5.74, 6) is -0.486. The van der Waals surface area contributed by atoms with E-state index >= 15 is 0 Å². The number of carbonyl (C=O) groups is 1. The first-order chi connectivity index (χ1) is 11.9. The van der Waals surface area contributed by atoms with E-state index in [1.54, 1.807) is 6.07 Å². The average Bonchev–Trinajstić information content (AvgIpc) is 3.32. The van der Waals surface area contributed by atoms with E-state index in [0.29, 0.717) is 5.69 Å². The lowest BCUT2D eigenvalue weighted by molar-refractivity contribution is -0.383. The Labute approximate surface area is 149 Å². The second-order valence-electron chi connectivity index (χ2n) is 5.64. The molecule has 10 heteroatoms. The number of carbonyl (C=O) groups excluding carboxylic acids is 1. The monoisotopic (exact) mass is 414 g/mol. The molecule has 0 aliphatic heterocycles. The minimum Gasteiger partial charge on any atom is -0.319 e. The van der Waals surface area contributed by atoms with Crippen LogP contribution in [0.3, 0.4) is 0 Å². The molecule has 1 N–H and O–H groups in total. The van der Waals surface area contributed by atoms with Gasteiger partial charge in [0.2, 0.25) is 5.91 Å². The van der Waals surface area contributed by atoms with Gasteiger partial charge in [0.1, 0.15) is 17.9 Å². The Hall–Kier alpha value is -2.36. The minimum absolute atomic E-state index is 0.0470. The number of aromatic nitrogens is 2. The standard InChI is InChI=1S/C15H13BrF2N4O3/c16-12-13(15(17)18)20-21(14(12)8-5-6-8)7-11(23)19-9-3-1-2-4-10(9)22(24)25/h1-4,8,15H,5-7H2,(H,19,23). The van der Waals surface area contributed by atoms with Crippen molar-refractivity contribution in [2.75, 3.05) is 5.32 Å². The van der Waals surface area contributed by atoms with Crippen LogP contribution in [0, 0.1) is 10.1 Å². The first kappa shape index (κ1) is 17.5. The van der Waals surface area contributed by atoms with Gasteiger partial charge in [0, 0.05) is 12.0 Å². The number of nitro groups is 1. The van der Waals surface area contributed by atoms with Gasteiger partial charge in [0.05, 0.1) is 15.1 Å². The zero-order valence-corrected chi connectivity index (χ0v) is 14.4. The molecule has 0 unspecified atom stereocenters. The summed E-state index contributed by atoms with van der Waals surface area (Å²) < 4.78 is 27.6. The Bertz CT molecular complexity index is 836. The van der Waals surface area contributed by atoms with Crippen LogP contribution < -0.4 is 5.32 Å². The predicted molar refractivity (Wildman–Crippen MR) is 88.6 cm³/mol. The quantitative estimate of drug-likeness (QED) is 0.570. The summed E-state index contributed by atoms with van der Waals surface area (Å²) in [6.07, 6.45) is -1.07. The van der Waals surface area contributed by atoms with Crippen LogP contribution in [0.25, 0.3) is 0 Å². The van der Waals surface area contributed by atoms with Gasteiger partial charge in [0.25, 0.3) is 12.1 Å². The number of para-hydroxylation sites is 2. The maximum atomic E-state index is 13.0. The summed E-state index contributed by atoms with van der Waals surface area (Å²) in [5.41, 5.74) is -0.0349. The Morgan fingerprint density at radius 2 is 2.12 bits per heavy atom.